The highest BCUT2D eigenvalue weighted by Crippen LogP contribution is 2.30. The van der Waals surface area contributed by atoms with Crippen molar-refractivity contribution in [3.05, 3.63) is 94.5 Å². The van der Waals surface area contributed by atoms with E-state index in [2.05, 4.69) is 24.5 Å². The number of ether oxygens (including phenoxy) is 2. The molecule has 0 aliphatic rings. The van der Waals surface area contributed by atoms with Crippen LogP contribution in [0.1, 0.15) is 63.8 Å². The fraction of sp³-hybridized carbons (Fsp3) is 0.310. The molecular weight excluding hydrogens is 440 g/mol. The molecule has 35 heavy (non-hydrogen) atoms. The second-order valence-corrected chi connectivity index (χ2v) is 8.95. The maximum absolute atomic E-state index is 13.2. The van der Waals surface area contributed by atoms with Gasteiger partial charge in [0, 0.05) is 11.1 Å². The van der Waals surface area contributed by atoms with Crippen LogP contribution in [-0.4, -0.2) is 25.5 Å². The van der Waals surface area contributed by atoms with E-state index in [4.69, 9.17) is 9.47 Å². The number of amides is 2. The first-order valence-corrected chi connectivity index (χ1v) is 11.8. The summed E-state index contributed by atoms with van der Waals surface area (Å²) in [5, 5.41) is 5.96. The van der Waals surface area contributed by atoms with Crippen LogP contribution in [0.5, 0.6) is 11.5 Å². The largest absolute Gasteiger partial charge is 0.493 e. The highest BCUT2D eigenvalue weighted by molar-refractivity contribution is 5.98. The van der Waals surface area contributed by atoms with E-state index in [1.54, 1.807) is 31.4 Å². The molecule has 2 amide bonds. The number of benzene rings is 3. The van der Waals surface area contributed by atoms with Gasteiger partial charge in [-0.25, -0.2) is 0 Å². The molecule has 0 bridgehead atoms. The van der Waals surface area contributed by atoms with Crippen LogP contribution in [0.3, 0.4) is 0 Å². The molecule has 3 aromatic rings. The molecule has 0 saturated heterocycles. The van der Waals surface area contributed by atoms with Crippen molar-refractivity contribution in [1.29, 1.82) is 0 Å². The summed E-state index contributed by atoms with van der Waals surface area (Å²) < 4.78 is 11.5. The molecule has 0 aromatic heterocycles. The Labute approximate surface area is 207 Å². The van der Waals surface area contributed by atoms with Gasteiger partial charge in [-0.3, -0.25) is 9.59 Å². The van der Waals surface area contributed by atoms with Gasteiger partial charge in [-0.2, -0.15) is 0 Å². The van der Waals surface area contributed by atoms with Crippen LogP contribution >= 0.6 is 0 Å². The Kier molecular flexibility index (Phi) is 8.90. The molecular formula is C29H34N2O4. The summed E-state index contributed by atoms with van der Waals surface area (Å²) in [6.45, 7) is 8.56. The number of methoxy groups -OCH3 is 1. The van der Waals surface area contributed by atoms with E-state index in [0.29, 0.717) is 40.7 Å². The first-order chi connectivity index (χ1) is 16.8. The summed E-state index contributed by atoms with van der Waals surface area (Å²) in [7, 11) is 1.59. The molecule has 0 aliphatic heterocycles. The average Bonchev–Trinajstić information content (AvgIpc) is 2.83. The van der Waals surface area contributed by atoms with Crippen LogP contribution in [-0.2, 0) is 0 Å². The minimum absolute atomic E-state index is 0.281. The lowest BCUT2D eigenvalue weighted by molar-refractivity contribution is 0.0882. The molecule has 0 atom stereocenters. The Balaban J connectivity index is 1.94. The predicted octanol–water partition coefficient (Wildman–Crippen LogP) is 5.60. The number of carbonyl (C=O) groups excluding carboxylic acids is 2. The molecule has 0 unspecified atom stereocenters. The Hall–Kier alpha value is -3.80. The number of nitrogens with one attached hydrogen (secondary N) is 2. The third-order valence-corrected chi connectivity index (χ3v) is 5.80. The molecule has 0 aliphatic carbocycles. The summed E-state index contributed by atoms with van der Waals surface area (Å²) in [4.78, 5) is 26.3. The van der Waals surface area contributed by atoms with E-state index in [1.807, 2.05) is 56.3 Å². The van der Waals surface area contributed by atoms with Gasteiger partial charge in [-0.1, -0.05) is 56.3 Å². The normalized spacial score (nSPS) is 10.8. The second-order valence-electron chi connectivity index (χ2n) is 8.95. The molecule has 0 radical (unpaired) electrons. The van der Waals surface area contributed by atoms with Crippen LogP contribution in [0.25, 0.3) is 0 Å². The van der Waals surface area contributed by atoms with Gasteiger partial charge >= 0.3 is 0 Å². The van der Waals surface area contributed by atoms with Gasteiger partial charge in [0.15, 0.2) is 11.5 Å². The minimum atomic E-state index is -0.785. The highest BCUT2D eigenvalue weighted by atomic mass is 16.5. The van der Waals surface area contributed by atoms with E-state index >= 15 is 0 Å². The third kappa shape index (κ3) is 6.85. The third-order valence-electron chi connectivity index (χ3n) is 5.80. The van der Waals surface area contributed by atoms with Gasteiger partial charge in [-0.15, -0.1) is 0 Å². The smallest absolute Gasteiger partial charge is 0.253 e. The monoisotopic (exact) mass is 474 g/mol. The molecule has 0 fully saturated rings. The Bertz CT molecular complexity index is 1110. The second kappa shape index (κ2) is 12.1. The number of hydrogen-bond acceptors (Lipinski definition) is 4. The molecule has 6 nitrogen and oxygen atoms in total. The fourth-order valence-electron chi connectivity index (χ4n) is 3.67. The van der Waals surface area contributed by atoms with Gasteiger partial charge in [0.1, 0.15) is 6.17 Å². The fourth-order valence-corrected chi connectivity index (χ4v) is 3.67. The van der Waals surface area contributed by atoms with Crippen LogP contribution in [0.4, 0.5) is 0 Å². The quantitative estimate of drug-likeness (QED) is 0.375. The number of hydrogen-bond donors (Lipinski definition) is 2. The van der Waals surface area contributed by atoms with E-state index in [-0.39, 0.29) is 11.8 Å². The number of aryl methyl sites for hydroxylation is 2. The Morgan fingerprint density at radius 2 is 1.34 bits per heavy atom. The van der Waals surface area contributed by atoms with Crippen LogP contribution in [0.15, 0.2) is 66.7 Å². The summed E-state index contributed by atoms with van der Waals surface area (Å²) in [5.74, 6) is 1.09. The Morgan fingerprint density at radius 3 is 1.83 bits per heavy atom. The first kappa shape index (κ1) is 25.8. The molecule has 0 spiro atoms. The first-order valence-electron chi connectivity index (χ1n) is 11.8. The van der Waals surface area contributed by atoms with Crippen molar-refractivity contribution in [2.45, 2.75) is 40.3 Å². The lowest BCUT2D eigenvalue weighted by Crippen LogP contribution is -2.41. The molecule has 184 valence electrons. The van der Waals surface area contributed by atoms with Gasteiger partial charge in [0.25, 0.3) is 11.8 Å². The lowest BCUT2D eigenvalue weighted by Gasteiger charge is -2.23. The van der Waals surface area contributed by atoms with Crippen LogP contribution < -0.4 is 20.1 Å². The molecule has 0 heterocycles. The SMILES string of the molecule is COc1ccc(C(NC(=O)c2ccccc2C)NC(=O)c2ccccc2C)cc1OCCC(C)C. The standard InChI is InChI=1S/C29H34N2O4/c1-19(2)16-17-35-26-18-22(14-15-25(26)34-5)27(30-28(32)23-12-8-6-10-20(23)3)31-29(33)24-13-9-7-11-21(24)4/h6-15,18-19,27H,16-17H2,1-5H3,(H,30,32)(H,31,33). The van der Waals surface area contributed by atoms with Crippen molar-refractivity contribution in [2.75, 3.05) is 13.7 Å². The summed E-state index contributed by atoms with van der Waals surface area (Å²) in [5.41, 5.74) is 3.46. The molecule has 3 rings (SSSR count). The van der Waals surface area contributed by atoms with Crippen molar-refractivity contribution in [2.24, 2.45) is 5.92 Å². The van der Waals surface area contributed by atoms with E-state index in [1.165, 1.54) is 0 Å². The van der Waals surface area contributed by atoms with Gasteiger partial charge in [0.2, 0.25) is 0 Å². The van der Waals surface area contributed by atoms with Gasteiger partial charge < -0.3 is 20.1 Å². The molecule has 2 N–H and O–H groups in total. The summed E-state index contributed by atoms with van der Waals surface area (Å²) in [6, 6.07) is 20.1. The lowest BCUT2D eigenvalue weighted by atomic mass is 10.1. The number of carbonyl (C=O) groups is 2. The van der Waals surface area contributed by atoms with Crippen molar-refractivity contribution in [1.82, 2.24) is 10.6 Å². The van der Waals surface area contributed by atoms with Crippen LogP contribution in [0, 0.1) is 19.8 Å². The van der Waals surface area contributed by atoms with Crippen molar-refractivity contribution in [3.8, 4) is 11.5 Å². The zero-order valence-electron chi connectivity index (χ0n) is 21.1. The van der Waals surface area contributed by atoms with E-state index in [9.17, 15) is 9.59 Å². The summed E-state index contributed by atoms with van der Waals surface area (Å²) in [6.07, 6.45) is 0.109. The van der Waals surface area contributed by atoms with Gasteiger partial charge in [0.05, 0.1) is 13.7 Å². The molecule has 0 saturated carbocycles. The number of rotatable bonds is 10. The van der Waals surface area contributed by atoms with Crippen LogP contribution in [0.2, 0.25) is 0 Å². The zero-order chi connectivity index (χ0) is 25.4. The summed E-state index contributed by atoms with van der Waals surface area (Å²) >= 11 is 0. The zero-order valence-corrected chi connectivity index (χ0v) is 21.1. The maximum atomic E-state index is 13.2. The average molecular weight is 475 g/mol. The Morgan fingerprint density at radius 1 is 0.800 bits per heavy atom. The van der Waals surface area contributed by atoms with E-state index in [0.717, 1.165) is 17.5 Å². The highest BCUT2D eigenvalue weighted by Gasteiger charge is 2.22. The minimum Gasteiger partial charge on any atom is -0.493 e. The predicted molar refractivity (Wildman–Crippen MR) is 138 cm³/mol. The maximum Gasteiger partial charge on any atom is 0.253 e. The molecule has 6 heteroatoms. The van der Waals surface area contributed by atoms with E-state index < -0.39 is 6.17 Å². The van der Waals surface area contributed by atoms with Crippen molar-refractivity contribution >= 4 is 11.8 Å². The topological polar surface area (TPSA) is 76.7 Å². The van der Waals surface area contributed by atoms with Gasteiger partial charge in [-0.05, 0) is 67.1 Å². The van der Waals surface area contributed by atoms with Crippen molar-refractivity contribution in [3.63, 3.8) is 0 Å². The molecule has 3 aromatic carbocycles. The van der Waals surface area contributed by atoms with Crippen molar-refractivity contribution < 1.29 is 19.1 Å².